The van der Waals surface area contributed by atoms with Gasteiger partial charge in [-0.05, 0) is 6.42 Å². The summed E-state index contributed by atoms with van der Waals surface area (Å²) in [6.07, 6.45) is 1.02. The SMILES string of the molecule is CCCC(=O)O.[O]=[Mn](=[O])([OH])[OH]. The standard InChI is InChI=1S/C4H8O2.Mn.2H2O.2O/c1-2-3-4(5)6;;;;;/h2-3H2,1H3,(H,5,6);;2*1H2;;/q;+2;;;;/p-2. The Kier molecular flexibility index (Phi) is 7.44. The van der Waals surface area contributed by atoms with E-state index in [4.69, 9.17) is 21.2 Å². The average Bonchev–Trinajstić information content (AvgIpc) is 1.58. The second-order valence-corrected chi connectivity index (χ2v) is 2.85. The molecule has 69 valence electrons. The van der Waals surface area contributed by atoms with Crippen LogP contribution >= 0.6 is 0 Å². The van der Waals surface area contributed by atoms with Crippen molar-refractivity contribution in [2.24, 2.45) is 0 Å². The predicted octanol–water partition coefficient (Wildman–Crippen LogP) is -0.483. The second-order valence-electron chi connectivity index (χ2n) is 1.56. The summed E-state index contributed by atoms with van der Waals surface area (Å²) in [5, 5.41) is 7.91. The van der Waals surface area contributed by atoms with E-state index in [2.05, 4.69) is 0 Å². The molecule has 0 rings (SSSR count). The number of hydrogen-bond donors (Lipinski definition) is 3. The minimum absolute atomic E-state index is 0.292. The molecule has 6 nitrogen and oxygen atoms in total. The van der Waals surface area contributed by atoms with E-state index in [9.17, 15) is 4.79 Å². The average molecular weight is 209 g/mol. The first-order chi connectivity index (χ1) is 4.77. The second kappa shape index (κ2) is 6.23. The van der Waals surface area contributed by atoms with Gasteiger partial charge in [0.1, 0.15) is 0 Å². The first-order valence-corrected chi connectivity index (χ1v) is 4.65. The first-order valence-electron chi connectivity index (χ1n) is 2.64. The minimum atomic E-state index is -5.12. The van der Waals surface area contributed by atoms with E-state index in [0.717, 1.165) is 6.42 Å². The van der Waals surface area contributed by atoms with Crippen molar-refractivity contribution in [2.45, 2.75) is 19.8 Å². The van der Waals surface area contributed by atoms with Crippen molar-refractivity contribution in [1.29, 1.82) is 0 Å². The van der Waals surface area contributed by atoms with E-state index in [-0.39, 0.29) is 0 Å². The van der Waals surface area contributed by atoms with Gasteiger partial charge in [0.05, 0.1) is 0 Å². The molecule has 0 radical (unpaired) electrons. The molecule has 0 aliphatic heterocycles. The normalized spacial score (nSPS) is 9.73. The van der Waals surface area contributed by atoms with Crippen LogP contribution in [0.2, 0.25) is 0 Å². The maximum atomic E-state index is 9.60. The molecule has 0 saturated carbocycles. The van der Waals surface area contributed by atoms with Gasteiger partial charge in [-0.3, -0.25) is 4.79 Å². The van der Waals surface area contributed by atoms with Crippen LogP contribution in [0, 0.1) is 0 Å². The van der Waals surface area contributed by atoms with Gasteiger partial charge < -0.3 is 5.11 Å². The molecule has 0 aromatic carbocycles. The Bertz CT molecular complexity index is 185. The third kappa shape index (κ3) is 85.2. The number of hydrogen-bond acceptors (Lipinski definition) is 3. The Morgan fingerprint density at radius 3 is 1.64 bits per heavy atom. The van der Waals surface area contributed by atoms with Crippen molar-refractivity contribution in [1.82, 2.24) is 0 Å². The summed E-state index contributed by atoms with van der Waals surface area (Å²) in [4.78, 5) is 9.60. The summed E-state index contributed by atoms with van der Waals surface area (Å²) in [5.74, 6) is -0.711. The van der Waals surface area contributed by atoms with Crippen molar-refractivity contribution in [2.75, 3.05) is 0 Å². The number of carboxylic acids is 1. The maximum absolute atomic E-state index is 9.60. The number of rotatable bonds is 2. The molecule has 0 bridgehead atoms. The van der Waals surface area contributed by atoms with E-state index in [1.807, 2.05) is 6.92 Å². The summed E-state index contributed by atoms with van der Waals surface area (Å²) in [6.45, 7) is 1.84. The van der Waals surface area contributed by atoms with Gasteiger partial charge in [-0.15, -0.1) is 0 Å². The number of aliphatic carboxylic acids is 1. The molecule has 0 aliphatic carbocycles. The van der Waals surface area contributed by atoms with E-state index in [0.29, 0.717) is 6.42 Å². The van der Waals surface area contributed by atoms with Crippen molar-refractivity contribution >= 4 is 5.97 Å². The monoisotopic (exact) mass is 209 g/mol. The van der Waals surface area contributed by atoms with E-state index in [1.165, 1.54) is 0 Å². The van der Waals surface area contributed by atoms with Crippen molar-refractivity contribution in [3.8, 4) is 0 Å². The van der Waals surface area contributed by atoms with Crippen LogP contribution in [0.4, 0.5) is 0 Å². The molecule has 0 spiro atoms. The van der Waals surface area contributed by atoms with Gasteiger partial charge in [-0.25, -0.2) is 0 Å². The van der Waals surface area contributed by atoms with Crippen LogP contribution in [0.1, 0.15) is 19.8 Å². The Balaban J connectivity index is 0. The van der Waals surface area contributed by atoms with Crippen LogP contribution in [0.25, 0.3) is 0 Å². The van der Waals surface area contributed by atoms with Gasteiger partial charge in [-0.2, -0.15) is 0 Å². The van der Waals surface area contributed by atoms with Crippen LogP contribution < -0.4 is 0 Å². The Labute approximate surface area is 65.8 Å². The number of carboxylic acid groups (broad SMARTS) is 1. The van der Waals surface area contributed by atoms with Crippen LogP contribution in [-0.2, 0) is 25.8 Å². The van der Waals surface area contributed by atoms with Crippen molar-refractivity contribution in [3.05, 3.63) is 0 Å². The molecule has 0 aromatic heterocycles. The molecule has 0 unspecified atom stereocenters. The van der Waals surface area contributed by atoms with Crippen LogP contribution in [0.5, 0.6) is 0 Å². The predicted molar refractivity (Wildman–Crippen MR) is 28.4 cm³/mol. The van der Waals surface area contributed by atoms with Gasteiger partial charge in [0, 0.05) is 6.42 Å². The Hall–Kier alpha value is -0.491. The molecule has 0 atom stereocenters. The van der Waals surface area contributed by atoms with Crippen molar-refractivity contribution < 1.29 is 39.3 Å². The molecule has 0 aliphatic rings. The zero-order valence-corrected chi connectivity index (χ0v) is 7.04. The van der Waals surface area contributed by atoms with E-state index in [1.54, 1.807) is 0 Å². The fourth-order valence-electron chi connectivity index (χ4n) is 0.214. The summed E-state index contributed by atoms with van der Waals surface area (Å²) in [5.41, 5.74) is 0. The molecule has 3 N–H and O–H groups in total. The Morgan fingerprint density at radius 2 is 1.64 bits per heavy atom. The van der Waals surface area contributed by atoms with Gasteiger partial charge in [0.15, 0.2) is 0 Å². The molecule has 0 fully saturated rings. The molecule has 0 saturated heterocycles. The topological polar surface area (TPSA) is 112 Å². The molecular formula is C4H10MnO6. The molecule has 0 heterocycles. The summed E-state index contributed by atoms with van der Waals surface area (Å²) in [7, 11) is 0. The zero-order valence-electron chi connectivity index (χ0n) is 5.86. The van der Waals surface area contributed by atoms with E-state index < -0.39 is 19.3 Å². The first kappa shape index (κ1) is 13.1. The molecular weight excluding hydrogens is 199 g/mol. The summed E-state index contributed by atoms with van der Waals surface area (Å²) < 4.78 is 31.8. The third-order valence-corrected chi connectivity index (χ3v) is 0.464. The summed E-state index contributed by atoms with van der Waals surface area (Å²) >= 11 is -5.12. The van der Waals surface area contributed by atoms with Crippen molar-refractivity contribution in [3.63, 3.8) is 0 Å². The molecule has 0 aromatic rings. The third-order valence-electron chi connectivity index (χ3n) is 0.464. The van der Waals surface area contributed by atoms with Gasteiger partial charge in [-0.1, -0.05) is 6.92 Å². The molecule has 11 heavy (non-hydrogen) atoms. The van der Waals surface area contributed by atoms with Crippen LogP contribution in [-0.4, -0.2) is 19.5 Å². The van der Waals surface area contributed by atoms with E-state index >= 15 is 0 Å². The van der Waals surface area contributed by atoms with Gasteiger partial charge in [0.2, 0.25) is 0 Å². The summed E-state index contributed by atoms with van der Waals surface area (Å²) in [6, 6.07) is 0. The zero-order chi connectivity index (χ0) is 9.49. The number of carbonyl (C=O) groups is 1. The molecule has 7 heteroatoms. The quantitative estimate of drug-likeness (QED) is 0.529. The fourth-order valence-corrected chi connectivity index (χ4v) is 0.214. The van der Waals surface area contributed by atoms with Crippen LogP contribution in [0.15, 0.2) is 0 Å². The fraction of sp³-hybridized carbons (Fsp3) is 0.750. The molecule has 0 amide bonds. The van der Waals surface area contributed by atoms with Gasteiger partial charge in [0.25, 0.3) is 0 Å². The van der Waals surface area contributed by atoms with Gasteiger partial charge >= 0.3 is 35.4 Å². The van der Waals surface area contributed by atoms with Crippen LogP contribution in [0.3, 0.4) is 0 Å². The Morgan fingerprint density at radius 1 is 1.36 bits per heavy atom.